The molecule has 0 saturated heterocycles. The van der Waals surface area contributed by atoms with Crippen molar-refractivity contribution in [3.63, 3.8) is 0 Å². The van der Waals surface area contributed by atoms with Crippen LogP contribution in [0.2, 0.25) is 0 Å². The molecular weight excluding hydrogens is 477 g/mol. The fraction of sp³-hybridized carbons (Fsp3) is 0.320. The average molecular weight is 506 g/mol. The number of fused-ring (bicyclic) bond motifs is 2. The maximum absolute atomic E-state index is 15.4. The molecule has 0 bridgehead atoms. The minimum absolute atomic E-state index is 0.0501. The van der Waals surface area contributed by atoms with Gasteiger partial charge in [-0.3, -0.25) is 9.89 Å². The summed E-state index contributed by atoms with van der Waals surface area (Å²) in [6, 6.07) is 6.81. The van der Waals surface area contributed by atoms with E-state index in [4.69, 9.17) is 9.47 Å². The van der Waals surface area contributed by atoms with Gasteiger partial charge in [-0.15, -0.1) is 0 Å². The van der Waals surface area contributed by atoms with Gasteiger partial charge in [0.1, 0.15) is 35.5 Å². The first-order chi connectivity index (χ1) is 17.9. The standard InChI is InChI=1S/C25H28FN9O2/c1-5-36-15(2)12-34(4)25-27-11-19-23(33-25)24(30-13-28-19)32-18-6-7-20(16(3)22(18)26)37-17-8-9-35-21(10-17)29-14-31-35/h6-11,13-15,25,33H,5,12H2,1-4H3,(H,28,30,32). The van der Waals surface area contributed by atoms with Gasteiger partial charge in [0.25, 0.3) is 0 Å². The van der Waals surface area contributed by atoms with E-state index >= 15 is 4.39 Å². The van der Waals surface area contributed by atoms with E-state index in [0.717, 1.165) is 0 Å². The molecule has 1 aliphatic heterocycles. The molecule has 0 fully saturated rings. The minimum Gasteiger partial charge on any atom is -0.457 e. The van der Waals surface area contributed by atoms with E-state index in [1.54, 1.807) is 48.1 Å². The topological polar surface area (TPSA) is 114 Å². The van der Waals surface area contributed by atoms with E-state index in [1.807, 2.05) is 25.8 Å². The Morgan fingerprint density at radius 1 is 1.22 bits per heavy atom. The van der Waals surface area contributed by atoms with Crippen molar-refractivity contribution in [1.29, 1.82) is 0 Å². The van der Waals surface area contributed by atoms with Crippen molar-refractivity contribution >= 4 is 29.1 Å². The predicted molar refractivity (Wildman–Crippen MR) is 138 cm³/mol. The molecule has 0 spiro atoms. The van der Waals surface area contributed by atoms with Crippen LogP contribution < -0.4 is 15.4 Å². The first kappa shape index (κ1) is 24.5. The molecular formula is C25H28FN9O2. The average Bonchev–Trinajstić information content (AvgIpc) is 3.36. The maximum atomic E-state index is 15.4. The second kappa shape index (κ2) is 10.4. The van der Waals surface area contributed by atoms with Crippen LogP contribution in [0.5, 0.6) is 11.5 Å². The van der Waals surface area contributed by atoms with Crippen LogP contribution in [0.3, 0.4) is 0 Å². The van der Waals surface area contributed by atoms with Crippen LogP contribution >= 0.6 is 0 Å². The molecule has 1 aromatic carbocycles. The number of rotatable bonds is 9. The van der Waals surface area contributed by atoms with Gasteiger partial charge in [-0.25, -0.2) is 23.9 Å². The Balaban J connectivity index is 1.34. The minimum atomic E-state index is -0.447. The summed E-state index contributed by atoms with van der Waals surface area (Å²) < 4.78 is 28.6. The molecule has 3 aromatic heterocycles. The number of benzene rings is 1. The molecule has 12 heteroatoms. The number of aromatic nitrogens is 5. The van der Waals surface area contributed by atoms with E-state index in [2.05, 4.69) is 35.7 Å². The van der Waals surface area contributed by atoms with Gasteiger partial charge in [0.05, 0.1) is 18.0 Å². The highest BCUT2D eigenvalue weighted by molar-refractivity contribution is 5.92. The Morgan fingerprint density at radius 2 is 2.08 bits per heavy atom. The lowest BCUT2D eigenvalue weighted by Crippen LogP contribution is -2.42. The SMILES string of the molecule is CCOC(C)CN(C)C1N=Cc2ncnc(Nc3ccc(Oc4ccn5ncnc5c4)c(C)c3F)c2N1. The van der Waals surface area contributed by atoms with E-state index < -0.39 is 5.82 Å². The maximum Gasteiger partial charge on any atom is 0.176 e. The smallest absolute Gasteiger partial charge is 0.176 e. The van der Waals surface area contributed by atoms with Gasteiger partial charge in [-0.05, 0) is 46.0 Å². The molecule has 1 aliphatic rings. The summed E-state index contributed by atoms with van der Waals surface area (Å²) in [5.74, 6) is 0.923. The zero-order chi connectivity index (χ0) is 25.9. The lowest BCUT2D eigenvalue weighted by Gasteiger charge is -2.31. The van der Waals surface area contributed by atoms with Gasteiger partial charge < -0.3 is 20.1 Å². The van der Waals surface area contributed by atoms with Gasteiger partial charge in [0.15, 0.2) is 23.6 Å². The number of aliphatic imine (C=N–C) groups is 1. The zero-order valence-corrected chi connectivity index (χ0v) is 21.0. The Labute approximate surface area is 213 Å². The Kier molecular flexibility index (Phi) is 6.93. The van der Waals surface area contributed by atoms with Crippen LogP contribution in [-0.4, -0.2) is 68.3 Å². The van der Waals surface area contributed by atoms with Crippen molar-refractivity contribution in [3.8, 4) is 11.5 Å². The monoisotopic (exact) mass is 505 g/mol. The van der Waals surface area contributed by atoms with Gasteiger partial charge in [0.2, 0.25) is 0 Å². The lowest BCUT2D eigenvalue weighted by molar-refractivity contribution is 0.0453. The van der Waals surface area contributed by atoms with Crippen molar-refractivity contribution in [2.75, 3.05) is 30.8 Å². The lowest BCUT2D eigenvalue weighted by atomic mass is 10.1. The molecule has 5 rings (SSSR count). The van der Waals surface area contributed by atoms with E-state index in [-0.39, 0.29) is 18.1 Å². The summed E-state index contributed by atoms with van der Waals surface area (Å²) in [6.45, 7) is 6.97. The fourth-order valence-corrected chi connectivity index (χ4v) is 4.10. The highest BCUT2D eigenvalue weighted by atomic mass is 19.1. The molecule has 11 nitrogen and oxygen atoms in total. The van der Waals surface area contributed by atoms with Gasteiger partial charge >= 0.3 is 0 Å². The number of nitrogens with one attached hydrogen (secondary N) is 2. The van der Waals surface area contributed by atoms with Crippen LogP contribution in [-0.2, 0) is 4.74 Å². The molecule has 37 heavy (non-hydrogen) atoms. The third kappa shape index (κ3) is 5.20. The molecule has 0 aliphatic carbocycles. The number of ether oxygens (including phenoxy) is 2. The van der Waals surface area contributed by atoms with Crippen molar-refractivity contribution < 1.29 is 13.9 Å². The van der Waals surface area contributed by atoms with E-state index in [0.29, 0.717) is 53.1 Å². The highest BCUT2D eigenvalue weighted by Crippen LogP contribution is 2.34. The van der Waals surface area contributed by atoms with Crippen LogP contribution in [0.15, 0.2) is 48.1 Å². The zero-order valence-electron chi connectivity index (χ0n) is 21.0. The van der Waals surface area contributed by atoms with Gasteiger partial charge in [-0.2, -0.15) is 5.10 Å². The molecule has 4 heterocycles. The van der Waals surface area contributed by atoms with Gasteiger partial charge in [0, 0.05) is 31.0 Å². The Bertz CT molecular complexity index is 1440. The Morgan fingerprint density at radius 3 is 2.92 bits per heavy atom. The molecule has 0 amide bonds. The summed E-state index contributed by atoms with van der Waals surface area (Å²) in [7, 11) is 1.95. The summed E-state index contributed by atoms with van der Waals surface area (Å²) in [5, 5.41) is 10.5. The first-order valence-corrected chi connectivity index (χ1v) is 11.9. The van der Waals surface area contributed by atoms with Crippen molar-refractivity contribution in [2.45, 2.75) is 33.2 Å². The summed E-state index contributed by atoms with van der Waals surface area (Å²) >= 11 is 0. The second-order valence-electron chi connectivity index (χ2n) is 8.69. The molecule has 2 N–H and O–H groups in total. The van der Waals surface area contributed by atoms with E-state index in [9.17, 15) is 0 Å². The third-order valence-corrected chi connectivity index (χ3v) is 5.97. The predicted octanol–water partition coefficient (Wildman–Crippen LogP) is 3.99. The second-order valence-corrected chi connectivity index (χ2v) is 8.69. The summed E-state index contributed by atoms with van der Waals surface area (Å²) in [4.78, 5) is 19.4. The van der Waals surface area contributed by atoms with Gasteiger partial charge in [-0.1, -0.05) is 0 Å². The molecule has 4 aromatic rings. The number of pyridine rings is 1. The number of nitrogens with zero attached hydrogens (tertiary/aromatic N) is 7. The van der Waals surface area contributed by atoms with Crippen LogP contribution in [0.4, 0.5) is 21.6 Å². The molecule has 0 radical (unpaired) electrons. The van der Waals surface area contributed by atoms with E-state index in [1.165, 1.54) is 12.7 Å². The van der Waals surface area contributed by atoms with Crippen molar-refractivity contribution in [1.82, 2.24) is 29.5 Å². The largest absolute Gasteiger partial charge is 0.457 e. The van der Waals surface area contributed by atoms with Crippen LogP contribution in [0.1, 0.15) is 25.1 Å². The molecule has 2 unspecified atom stereocenters. The summed E-state index contributed by atoms with van der Waals surface area (Å²) in [5.41, 5.74) is 2.50. The Hall–Kier alpha value is -4.16. The quantitative estimate of drug-likeness (QED) is 0.348. The number of likely N-dealkylation sites (N-methyl/N-ethyl adjacent to an activating group) is 1. The third-order valence-electron chi connectivity index (χ3n) is 5.97. The molecule has 2 atom stereocenters. The fourth-order valence-electron chi connectivity index (χ4n) is 4.10. The number of halogens is 1. The highest BCUT2D eigenvalue weighted by Gasteiger charge is 2.24. The normalized spacial score (nSPS) is 15.5. The van der Waals surface area contributed by atoms with Crippen molar-refractivity contribution in [2.24, 2.45) is 4.99 Å². The molecule has 192 valence electrons. The van der Waals surface area contributed by atoms with Crippen molar-refractivity contribution in [3.05, 3.63) is 60.2 Å². The number of hydrogen-bond donors (Lipinski definition) is 2. The number of anilines is 3. The van der Waals surface area contributed by atoms with Crippen LogP contribution in [0, 0.1) is 12.7 Å². The summed E-state index contributed by atoms with van der Waals surface area (Å²) in [6.07, 6.45) is 6.00. The van der Waals surface area contributed by atoms with Crippen LogP contribution in [0.25, 0.3) is 5.65 Å². The first-order valence-electron chi connectivity index (χ1n) is 11.9. The number of hydrogen-bond acceptors (Lipinski definition) is 10. The molecule has 0 saturated carbocycles.